The topological polar surface area (TPSA) is 72.2 Å². The fraction of sp³-hybridized carbons (Fsp3) is 0.158. The lowest BCUT2D eigenvalue weighted by Crippen LogP contribution is -2.11. The maximum Gasteiger partial charge on any atom is 0.255 e. The number of nitrogen functional groups attached to an aromatic ring is 1. The van der Waals surface area contributed by atoms with Crippen LogP contribution in [-0.2, 0) is 4.79 Å². The summed E-state index contributed by atoms with van der Waals surface area (Å²) in [7, 11) is 0. The van der Waals surface area contributed by atoms with E-state index in [9.17, 15) is 9.59 Å². The van der Waals surface area contributed by atoms with Crippen LogP contribution in [0.15, 0.2) is 48.5 Å². The first-order chi connectivity index (χ1) is 11.0. The van der Waals surface area contributed by atoms with Crippen LogP contribution in [0.1, 0.15) is 36.7 Å². The summed E-state index contributed by atoms with van der Waals surface area (Å²) in [5.74, 6) is 4.77. The summed E-state index contributed by atoms with van der Waals surface area (Å²) >= 11 is 0. The molecule has 1 amide bonds. The van der Waals surface area contributed by atoms with Crippen molar-refractivity contribution in [3.63, 3.8) is 0 Å². The molecule has 0 bridgehead atoms. The number of ketones is 1. The van der Waals surface area contributed by atoms with Gasteiger partial charge in [0.15, 0.2) is 0 Å². The lowest BCUT2D eigenvalue weighted by atomic mass is 10.1. The van der Waals surface area contributed by atoms with Crippen molar-refractivity contribution in [3.8, 4) is 11.8 Å². The number of carbonyl (C=O) groups is 2. The molecular formula is C19H20N2O2. The number of hydrogen-bond acceptors (Lipinski definition) is 3. The van der Waals surface area contributed by atoms with Gasteiger partial charge in [0.2, 0.25) is 5.78 Å². The van der Waals surface area contributed by atoms with E-state index in [0.29, 0.717) is 22.5 Å². The number of anilines is 2. The first-order valence-corrected chi connectivity index (χ1v) is 7.34. The maximum atomic E-state index is 12.1. The van der Waals surface area contributed by atoms with Crippen molar-refractivity contribution >= 4 is 23.1 Å². The normalized spacial score (nSPS) is 8.83. The number of rotatable bonds is 2. The molecule has 3 N–H and O–H groups in total. The van der Waals surface area contributed by atoms with Gasteiger partial charge in [0.05, 0.1) is 0 Å². The predicted molar refractivity (Wildman–Crippen MR) is 94.2 cm³/mol. The van der Waals surface area contributed by atoms with Crippen LogP contribution in [0, 0.1) is 11.8 Å². The second kappa shape index (κ2) is 9.06. The Balaban J connectivity index is 0.00000127. The van der Waals surface area contributed by atoms with E-state index in [1.54, 1.807) is 48.5 Å². The molecule has 0 radical (unpaired) electrons. The second-order valence-corrected chi connectivity index (χ2v) is 4.46. The first kappa shape index (κ1) is 18.0. The van der Waals surface area contributed by atoms with Gasteiger partial charge in [0, 0.05) is 29.4 Å². The Morgan fingerprint density at radius 3 is 2.30 bits per heavy atom. The van der Waals surface area contributed by atoms with Gasteiger partial charge in [-0.3, -0.25) is 9.59 Å². The molecule has 23 heavy (non-hydrogen) atoms. The van der Waals surface area contributed by atoms with Gasteiger partial charge in [-0.1, -0.05) is 25.8 Å². The van der Waals surface area contributed by atoms with E-state index in [-0.39, 0.29) is 11.7 Å². The number of Topliss-reactive ketones (excluding diaryl/α,β-unsaturated/α-hetero) is 1. The van der Waals surface area contributed by atoms with Crippen LogP contribution in [0.4, 0.5) is 11.4 Å². The van der Waals surface area contributed by atoms with Crippen LogP contribution < -0.4 is 11.1 Å². The molecule has 0 saturated carbocycles. The Hall–Kier alpha value is -3.06. The van der Waals surface area contributed by atoms with E-state index >= 15 is 0 Å². The fourth-order valence-corrected chi connectivity index (χ4v) is 1.67. The smallest absolute Gasteiger partial charge is 0.255 e. The molecule has 118 valence electrons. The highest BCUT2D eigenvalue weighted by Crippen LogP contribution is 2.12. The van der Waals surface area contributed by atoms with E-state index in [1.165, 1.54) is 6.92 Å². The highest BCUT2D eigenvalue weighted by atomic mass is 16.1. The first-order valence-electron chi connectivity index (χ1n) is 7.34. The Bertz CT molecular complexity index is 738. The van der Waals surface area contributed by atoms with Crippen molar-refractivity contribution in [1.82, 2.24) is 0 Å². The molecule has 0 spiro atoms. The van der Waals surface area contributed by atoms with Gasteiger partial charge in [0.25, 0.3) is 5.91 Å². The Morgan fingerprint density at radius 1 is 1.04 bits per heavy atom. The van der Waals surface area contributed by atoms with Gasteiger partial charge in [-0.25, -0.2) is 0 Å². The van der Waals surface area contributed by atoms with E-state index < -0.39 is 0 Å². The minimum absolute atomic E-state index is 0.202. The average molecular weight is 308 g/mol. The largest absolute Gasteiger partial charge is 0.399 e. The van der Waals surface area contributed by atoms with Gasteiger partial charge in [-0.05, 0) is 48.4 Å². The molecule has 0 atom stereocenters. The summed E-state index contributed by atoms with van der Waals surface area (Å²) in [6, 6.07) is 13.7. The van der Waals surface area contributed by atoms with E-state index in [2.05, 4.69) is 17.2 Å². The zero-order valence-corrected chi connectivity index (χ0v) is 13.5. The highest BCUT2D eigenvalue weighted by Gasteiger charge is 2.05. The molecule has 0 heterocycles. The van der Waals surface area contributed by atoms with Gasteiger partial charge in [-0.15, -0.1) is 0 Å². The predicted octanol–water partition coefficient (Wildman–Crippen LogP) is 3.49. The van der Waals surface area contributed by atoms with Crippen LogP contribution >= 0.6 is 0 Å². The number of amides is 1. The van der Waals surface area contributed by atoms with Gasteiger partial charge in [-0.2, -0.15) is 0 Å². The Kier molecular flexibility index (Phi) is 7.09. The van der Waals surface area contributed by atoms with Crippen LogP contribution in [0.3, 0.4) is 0 Å². The lowest BCUT2D eigenvalue weighted by molar-refractivity contribution is -0.111. The lowest BCUT2D eigenvalue weighted by Gasteiger charge is -2.06. The Labute approximate surface area is 136 Å². The van der Waals surface area contributed by atoms with Crippen LogP contribution in [0.2, 0.25) is 0 Å². The standard InChI is InChI=1S/C17H14N2O2.C2H6/c1-12(20)5-6-13-3-2-4-16(11-13)19-17(21)14-7-9-15(18)10-8-14;1-2/h2-4,7-11H,18H2,1H3,(H,19,21);1-2H3. The van der Waals surface area contributed by atoms with Gasteiger partial charge >= 0.3 is 0 Å². The second-order valence-electron chi connectivity index (χ2n) is 4.46. The van der Waals surface area contributed by atoms with Gasteiger partial charge in [0.1, 0.15) is 0 Å². The van der Waals surface area contributed by atoms with Crippen molar-refractivity contribution in [2.24, 2.45) is 0 Å². The molecule has 0 aliphatic rings. The van der Waals surface area contributed by atoms with Crippen molar-refractivity contribution < 1.29 is 9.59 Å². The van der Waals surface area contributed by atoms with Gasteiger partial charge < -0.3 is 11.1 Å². The minimum Gasteiger partial charge on any atom is -0.399 e. The SMILES string of the molecule is CC.CC(=O)C#Cc1cccc(NC(=O)c2ccc(N)cc2)c1. The zero-order valence-electron chi connectivity index (χ0n) is 13.5. The molecule has 0 aliphatic carbocycles. The monoisotopic (exact) mass is 308 g/mol. The third kappa shape index (κ3) is 6.06. The number of nitrogens with one attached hydrogen (secondary N) is 1. The molecule has 4 heteroatoms. The molecule has 2 aromatic carbocycles. The number of benzene rings is 2. The molecule has 0 unspecified atom stereocenters. The maximum absolute atomic E-state index is 12.1. The summed E-state index contributed by atoms with van der Waals surface area (Å²) < 4.78 is 0. The summed E-state index contributed by atoms with van der Waals surface area (Å²) in [5, 5.41) is 2.77. The van der Waals surface area contributed by atoms with Crippen LogP contribution in [0.25, 0.3) is 0 Å². The quantitative estimate of drug-likeness (QED) is 0.659. The molecule has 2 aromatic rings. The fourth-order valence-electron chi connectivity index (χ4n) is 1.67. The van der Waals surface area contributed by atoms with Crippen molar-refractivity contribution in [3.05, 3.63) is 59.7 Å². The van der Waals surface area contributed by atoms with Crippen LogP contribution in [0.5, 0.6) is 0 Å². The molecule has 0 fully saturated rings. The molecule has 4 nitrogen and oxygen atoms in total. The highest BCUT2D eigenvalue weighted by molar-refractivity contribution is 6.04. The third-order valence-electron chi connectivity index (χ3n) is 2.68. The summed E-state index contributed by atoms with van der Waals surface area (Å²) in [4.78, 5) is 22.9. The number of carbonyl (C=O) groups excluding carboxylic acids is 2. The molecule has 0 aromatic heterocycles. The molecular weight excluding hydrogens is 288 g/mol. The minimum atomic E-state index is -0.230. The van der Waals surface area contributed by atoms with Crippen molar-refractivity contribution in [2.45, 2.75) is 20.8 Å². The summed E-state index contributed by atoms with van der Waals surface area (Å²) in [6.45, 7) is 5.40. The number of hydrogen-bond donors (Lipinski definition) is 2. The van der Waals surface area contributed by atoms with Crippen molar-refractivity contribution in [2.75, 3.05) is 11.1 Å². The zero-order chi connectivity index (χ0) is 17.2. The molecule has 2 rings (SSSR count). The Morgan fingerprint density at radius 2 is 1.70 bits per heavy atom. The van der Waals surface area contributed by atoms with E-state index in [1.807, 2.05) is 13.8 Å². The third-order valence-corrected chi connectivity index (χ3v) is 2.68. The van der Waals surface area contributed by atoms with Crippen molar-refractivity contribution in [1.29, 1.82) is 0 Å². The summed E-state index contributed by atoms with van der Waals surface area (Å²) in [5.41, 5.74) is 7.99. The average Bonchev–Trinajstić information content (AvgIpc) is 2.56. The molecule has 0 saturated heterocycles. The number of nitrogens with two attached hydrogens (primary N) is 1. The van der Waals surface area contributed by atoms with E-state index in [4.69, 9.17) is 5.73 Å². The summed E-state index contributed by atoms with van der Waals surface area (Å²) in [6.07, 6.45) is 0. The molecule has 0 aliphatic heterocycles. The van der Waals surface area contributed by atoms with Crippen LogP contribution in [-0.4, -0.2) is 11.7 Å². The van der Waals surface area contributed by atoms with E-state index in [0.717, 1.165) is 0 Å².